The van der Waals surface area contributed by atoms with Crippen LogP contribution >= 0.6 is 23.4 Å². The largest absolute Gasteiger partial charge is 0.318 e. The highest BCUT2D eigenvalue weighted by molar-refractivity contribution is 8.17. The second-order valence-corrected chi connectivity index (χ2v) is 6.71. The van der Waals surface area contributed by atoms with Crippen molar-refractivity contribution >= 4 is 45.0 Å². The number of hydrogen-bond acceptors (Lipinski definition) is 3. The first-order chi connectivity index (χ1) is 10.3. The summed E-state index contributed by atoms with van der Waals surface area (Å²) in [5.74, 6) is 0. The van der Waals surface area contributed by atoms with E-state index in [1.54, 1.807) is 0 Å². The topological polar surface area (TPSA) is 15.6 Å². The average molecular weight is 315 g/mol. The van der Waals surface area contributed by atoms with Crippen molar-refractivity contribution in [3.8, 4) is 0 Å². The molecule has 0 aromatic heterocycles. The van der Waals surface area contributed by atoms with Gasteiger partial charge in [0, 0.05) is 22.0 Å². The molecule has 0 N–H and O–H groups in total. The van der Waals surface area contributed by atoms with Gasteiger partial charge < -0.3 is 4.90 Å². The Hall–Kier alpha value is -1.45. The lowest BCUT2D eigenvalue weighted by Gasteiger charge is -2.19. The third-order valence-corrected chi connectivity index (χ3v) is 5.47. The SMILES string of the molecule is CCC1=C(c2cccc3ccc(Cl)cc23)N2CCN=C2S1. The van der Waals surface area contributed by atoms with E-state index in [9.17, 15) is 0 Å². The van der Waals surface area contributed by atoms with Gasteiger partial charge in [0.05, 0.1) is 12.2 Å². The van der Waals surface area contributed by atoms with E-state index >= 15 is 0 Å². The molecular weight excluding hydrogens is 300 g/mol. The number of aliphatic imine (C=N–C) groups is 1. The van der Waals surface area contributed by atoms with Crippen LogP contribution in [0.1, 0.15) is 18.9 Å². The molecule has 0 radical (unpaired) electrons. The fraction of sp³-hybridized carbons (Fsp3) is 0.235. The third-order valence-electron chi connectivity index (χ3n) is 3.97. The van der Waals surface area contributed by atoms with Crippen molar-refractivity contribution in [3.05, 3.63) is 51.9 Å². The predicted octanol–water partition coefficient (Wildman–Crippen LogP) is 4.99. The number of allylic oxidation sites excluding steroid dienone is 1. The maximum absolute atomic E-state index is 6.22. The van der Waals surface area contributed by atoms with Gasteiger partial charge in [-0.2, -0.15) is 0 Å². The van der Waals surface area contributed by atoms with Gasteiger partial charge in [-0.05, 0) is 29.3 Å². The van der Waals surface area contributed by atoms with Crippen LogP contribution in [0.5, 0.6) is 0 Å². The van der Waals surface area contributed by atoms with Gasteiger partial charge in [0.15, 0.2) is 5.17 Å². The van der Waals surface area contributed by atoms with Gasteiger partial charge >= 0.3 is 0 Å². The van der Waals surface area contributed by atoms with E-state index in [0.717, 1.165) is 29.7 Å². The van der Waals surface area contributed by atoms with Crippen LogP contribution in [0.25, 0.3) is 16.5 Å². The summed E-state index contributed by atoms with van der Waals surface area (Å²) >= 11 is 8.04. The lowest BCUT2D eigenvalue weighted by molar-refractivity contribution is 0.647. The maximum atomic E-state index is 6.22. The smallest absolute Gasteiger partial charge is 0.168 e. The van der Waals surface area contributed by atoms with Crippen LogP contribution in [-0.2, 0) is 0 Å². The Kier molecular flexibility index (Phi) is 3.20. The van der Waals surface area contributed by atoms with Crippen LogP contribution in [0.2, 0.25) is 5.02 Å². The summed E-state index contributed by atoms with van der Waals surface area (Å²) in [5.41, 5.74) is 2.60. The fourth-order valence-corrected chi connectivity index (χ4v) is 4.32. The zero-order chi connectivity index (χ0) is 14.4. The van der Waals surface area contributed by atoms with Crippen LogP contribution in [0.3, 0.4) is 0 Å². The van der Waals surface area contributed by atoms with Crippen LogP contribution in [0.15, 0.2) is 46.3 Å². The summed E-state index contributed by atoms with van der Waals surface area (Å²) in [5, 5.41) is 4.39. The van der Waals surface area contributed by atoms with Gasteiger partial charge in [-0.15, -0.1) is 0 Å². The van der Waals surface area contributed by atoms with Crippen molar-refractivity contribution in [2.45, 2.75) is 13.3 Å². The van der Waals surface area contributed by atoms with Crippen molar-refractivity contribution in [3.63, 3.8) is 0 Å². The highest BCUT2D eigenvalue weighted by Crippen LogP contribution is 2.44. The number of nitrogens with zero attached hydrogens (tertiary/aromatic N) is 2. The number of rotatable bonds is 2. The van der Waals surface area contributed by atoms with Gasteiger partial charge in [0.2, 0.25) is 0 Å². The number of halogens is 1. The van der Waals surface area contributed by atoms with Crippen molar-refractivity contribution < 1.29 is 0 Å². The molecule has 2 heterocycles. The Labute approximate surface area is 133 Å². The zero-order valence-corrected chi connectivity index (χ0v) is 13.3. The Balaban J connectivity index is 1.97. The summed E-state index contributed by atoms with van der Waals surface area (Å²) in [6.45, 7) is 4.09. The van der Waals surface area contributed by atoms with Crippen molar-refractivity contribution in [1.29, 1.82) is 0 Å². The summed E-state index contributed by atoms with van der Waals surface area (Å²) in [4.78, 5) is 8.37. The highest BCUT2D eigenvalue weighted by atomic mass is 35.5. The fourth-order valence-electron chi connectivity index (χ4n) is 3.02. The van der Waals surface area contributed by atoms with E-state index in [1.165, 1.54) is 26.9 Å². The third kappa shape index (κ3) is 2.07. The zero-order valence-electron chi connectivity index (χ0n) is 11.8. The summed E-state index contributed by atoms with van der Waals surface area (Å²) in [6.07, 6.45) is 1.03. The first-order valence-corrected chi connectivity index (χ1v) is 8.39. The summed E-state index contributed by atoms with van der Waals surface area (Å²) in [7, 11) is 0. The second kappa shape index (κ2) is 5.08. The minimum absolute atomic E-state index is 0.787. The number of amidine groups is 1. The molecule has 0 saturated carbocycles. The molecule has 2 aliphatic rings. The van der Waals surface area contributed by atoms with Crippen LogP contribution in [-0.4, -0.2) is 23.2 Å². The Morgan fingerprint density at radius 2 is 2.19 bits per heavy atom. The van der Waals surface area contributed by atoms with E-state index in [2.05, 4.69) is 47.1 Å². The number of fused-ring (bicyclic) bond motifs is 2. The molecule has 2 aliphatic heterocycles. The van der Waals surface area contributed by atoms with Gasteiger partial charge in [-0.3, -0.25) is 4.99 Å². The molecule has 0 aliphatic carbocycles. The Morgan fingerprint density at radius 3 is 3.05 bits per heavy atom. The lowest BCUT2D eigenvalue weighted by atomic mass is 10.0. The molecule has 0 fully saturated rings. The van der Waals surface area contributed by atoms with Gasteiger partial charge in [-0.25, -0.2) is 0 Å². The molecule has 2 nitrogen and oxygen atoms in total. The number of benzene rings is 2. The molecule has 106 valence electrons. The minimum atomic E-state index is 0.787. The molecule has 0 spiro atoms. The van der Waals surface area contributed by atoms with E-state index in [-0.39, 0.29) is 0 Å². The van der Waals surface area contributed by atoms with E-state index in [0.29, 0.717) is 0 Å². The normalized spacial score (nSPS) is 17.6. The maximum Gasteiger partial charge on any atom is 0.168 e. The Morgan fingerprint density at radius 1 is 1.29 bits per heavy atom. The standard InChI is InChI=1S/C17H15ClN2S/c1-2-15-16(20-9-8-19-17(20)21-15)13-5-3-4-11-6-7-12(18)10-14(11)13/h3-7,10H,2,8-9H2,1H3. The molecule has 4 heteroatoms. The van der Waals surface area contributed by atoms with Gasteiger partial charge in [-0.1, -0.05) is 54.6 Å². The van der Waals surface area contributed by atoms with E-state index in [4.69, 9.17) is 11.6 Å². The van der Waals surface area contributed by atoms with Gasteiger partial charge in [0.25, 0.3) is 0 Å². The molecule has 0 amide bonds. The summed E-state index contributed by atoms with van der Waals surface area (Å²) < 4.78 is 0. The molecule has 2 aromatic carbocycles. The minimum Gasteiger partial charge on any atom is -0.318 e. The number of thioether (sulfide) groups is 1. The molecule has 2 aromatic rings. The van der Waals surface area contributed by atoms with Crippen LogP contribution in [0, 0.1) is 0 Å². The predicted molar refractivity (Wildman–Crippen MR) is 92.8 cm³/mol. The molecule has 4 rings (SSSR count). The van der Waals surface area contributed by atoms with E-state index in [1.807, 2.05) is 17.8 Å². The highest BCUT2D eigenvalue weighted by Gasteiger charge is 2.32. The average Bonchev–Trinajstić information content (AvgIpc) is 3.06. The van der Waals surface area contributed by atoms with Crippen molar-refractivity contribution in [1.82, 2.24) is 4.90 Å². The monoisotopic (exact) mass is 314 g/mol. The second-order valence-electron chi connectivity index (χ2n) is 5.21. The first-order valence-electron chi connectivity index (χ1n) is 7.19. The molecule has 0 bridgehead atoms. The summed E-state index contributed by atoms with van der Waals surface area (Å²) in [6, 6.07) is 12.6. The lowest BCUT2D eigenvalue weighted by Crippen LogP contribution is -2.20. The number of hydrogen-bond donors (Lipinski definition) is 0. The van der Waals surface area contributed by atoms with Crippen molar-refractivity contribution in [2.75, 3.05) is 13.1 Å². The molecule has 21 heavy (non-hydrogen) atoms. The van der Waals surface area contributed by atoms with Crippen LogP contribution in [0.4, 0.5) is 0 Å². The first kappa shape index (κ1) is 13.2. The molecule has 0 unspecified atom stereocenters. The Bertz CT molecular complexity index is 794. The quantitative estimate of drug-likeness (QED) is 0.776. The molecule has 0 saturated heterocycles. The molecular formula is C17H15ClN2S. The molecule has 0 atom stereocenters. The van der Waals surface area contributed by atoms with Crippen molar-refractivity contribution in [2.24, 2.45) is 4.99 Å². The van der Waals surface area contributed by atoms with Crippen LogP contribution < -0.4 is 0 Å². The van der Waals surface area contributed by atoms with Gasteiger partial charge in [0.1, 0.15) is 0 Å². The van der Waals surface area contributed by atoms with E-state index < -0.39 is 0 Å².